The van der Waals surface area contributed by atoms with Crippen LogP contribution in [0.15, 0.2) is 24.4 Å². The number of aryl methyl sites for hydroxylation is 1. The van der Waals surface area contributed by atoms with E-state index in [9.17, 15) is 4.79 Å². The van der Waals surface area contributed by atoms with Crippen molar-refractivity contribution in [1.82, 2.24) is 9.55 Å². The molecule has 1 aromatic carbocycles. The highest BCUT2D eigenvalue weighted by atomic mass is 16.5. The van der Waals surface area contributed by atoms with Gasteiger partial charge in [0, 0.05) is 6.54 Å². The number of aromatic nitrogens is 2. The largest absolute Gasteiger partial charge is 0.493 e. The summed E-state index contributed by atoms with van der Waals surface area (Å²) in [7, 11) is 4.53. The van der Waals surface area contributed by atoms with Crippen LogP contribution in [0, 0.1) is 6.92 Å². The van der Waals surface area contributed by atoms with Gasteiger partial charge in [-0.25, -0.2) is 9.78 Å². The molecule has 0 N–H and O–H groups in total. The maximum Gasteiger partial charge on any atom is 0.356 e. The average molecular weight is 290 g/mol. The smallest absolute Gasteiger partial charge is 0.356 e. The van der Waals surface area contributed by atoms with Gasteiger partial charge in [0.15, 0.2) is 11.5 Å². The lowest BCUT2D eigenvalue weighted by atomic mass is 10.2. The Morgan fingerprint density at radius 1 is 1.19 bits per heavy atom. The van der Waals surface area contributed by atoms with Crippen LogP contribution in [-0.4, -0.2) is 36.8 Å². The molecule has 0 amide bonds. The van der Waals surface area contributed by atoms with Crippen LogP contribution in [0.2, 0.25) is 0 Å². The Hall–Kier alpha value is -2.50. The molecule has 0 aliphatic heterocycles. The fraction of sp³-hybridized carbons (Fsp3) is 0.333. The number of imidazole rings is 1. The molecule has 0 bridgehead atoms. The first-order valence-electron chi connectivity index (χ1n) is 6.42. The summed E-state index contributed by atoms with van der Waals surface area (Å²) in [5.74, 6) is 1.64. The van der Waals surface area contributed by atoms with Crippen molar-refractivity contribution >= 4 is 5.97 Å². The predicted octanol–water partition coefficient (Wildman–Crippen LogP) is 2.04. The zero-order chi connectivity index (χ0) is 15.4. The minimum atomic E-state index is -0.406. The van der Waals surface area contributed by atoms with Gasteiger partial charge in [-0.2, -0.15) is 0 Å². The molecule has 0 aliphatic carbocycles. The van der Waals surface area contributed by atoms with E-state index in [2.05, 4.69) is 4.98 Å². The molecule has 21 heavy (non-hydrogen) atoms. The first kappa shape index (κ1) is 14.9. The van der Waals surface area contributed by atoms with Crippen molar-refractivity contribution in [3.8, 4) is 11.5 Å². The highest BCUT2D eigenvalue weighted by Gasteiger charge is 2.15. The minimum absolute atomic E-state index is 0.406. The molecule has 0 unspecified atom stereocenters. The van der Waals surface area contributed by atoms with E-state index >= 15 is 0 Å². The summed E-state index contributed by atoms with van der Waals surface area (Å²) in [5, 5.41) is 0. The molecular formula is C15H18N2O4. The van der Waals surface area contributed by atoms with Crippen molar-refractivity contribution in [3.05, 3.63) is 41.5 Å². The Bertz CT molecular complexity index is 649. The average Bonchev–Trinajstić information content (AvgIpc) is 2.87. The molecule has 0 radical (unpaired) electrons. The molecule has 112 valence electrons. The summed E-state index contributed by atoms with van der Waals surface area (Å²) < 4.78 is 17.1. The number of hydrogen-bond donors (Lipinski definition) is 0. The van der Waals surface area contributed by atoms with Crippen molar-refractivity contribution in [1.29, 1.82) is 0 Å². The van der Waals surface area contributed by atoms with E-state index in [-0.39, 0.29) is 0 Å². The maximum absolute atomic E-state index is 11.7. The molecule has 6 nitrogen and oxygen atoms in total. The van der Waals surface area contributed by atoms with E-state index in [1.54, 1.807) is 18.8 Å². The van der Waals surface area contributed by atoms with Crippen LogP contribution >= 0.6 is 0 Å². The van der Waals surface area contributed by atoms with Crippen molar-refractivity contribution in [2.24, 2.45) is 0 Å². The highest BCUT2D eigenvalue weighted by molar-refractivity contribution is 5.87. The summed E-state index contributed by atoms with van der Waals surface area (Å²) in [6, 6.07) is 5.62. The Labute approximate surface area is 123 Å². The van der Waals surface area contributed by atoms with E-state index < -0.39 is 5.97 Å². The van der Waals surface area contributed by atoms with Crippen LogP contribution in [0.1, 0.15) is 21.9 Å². The van der Waals surface area contributed by atoms with E-state index in [4.69, 9.17) is 14.2 Å². The van der Waals surface area contributed by atoms with Gasteiger partial charge in [-0.3, -0.25) is 0 Å². The topological polar surface area (TPSA) is 62.6 Å². The predicted molar refractivity (Wildman–Crippen MR) is 77.0 cm³/mol. The van der Waals surface area contributed by atoms with Crippen LogP contribution in [0.5, 0.6) is 11.5 Å². The van der Waals surface area contributed by atoms with E-state index in [0.717, 1.165) is 11.4 Å². The second-order valence-corrected chi connectivity index (χ2v) is 4.46. The molecule has 2 aromatic rings. The van der Waals surface area contributed by atoms with Crippen molar-refractivity contribution in [2.75, 3.05) is 21.3 Å². The Morgan fingerprint density at radius 3 is 2.52 bits per heavy atom. The third kappa shape index (κ3) is 2.99. The van der Waals surface area contributed by atoms with E-state index in [1.165, 1.54) is 13.3 Å². The van der Waals surface area contributed by atoms with Gasteiger partial charge in [0.05, 0.1) is 27.5 Å². The number of rotatable bonds is 5. The van der Waals surface area contributed by atoms with Crippen LogP contribution in [-0.2, 0) is 11.3 Å². The van der Waals surface area contributed by atoms with Crippen molar-refractivity contribution < 1.29 is 19.0 Å². The minimum Gasteiger partial charge on any atom is -0.493 e. The fourth-order valence-electron chi connectivity index (χ4n) is 2.10. The van der Waals surface area contributed by atoms with Crippen LogP contribution in [0.4, 0.5) is 0 Å². The summed E-state index contributed by atoms with van der Waals surface area (Å²) in [6.07, 6.45) is 1.52. The third-order valence-electron chi connectivity index (χ3n) is 3.24. The van der Waals surface area contributed by atoms with E-state index in [1.807, 2.05) is 25.1 Å². The standard InChI is InChI=1S/C15H18N2O4/c1-10-16-8-12(15(18)21-4)17(10)9-11-5-6-13(19-2)14(7-11)20-3/h5-8H,9H2,1-4H3. The second kappa shape index (κ2) is 6.30. The zero-order valence-corrected chi connectivity index (χ0v) is 12.5. The molecule has 1 aromatic heterocycles. The quantitative estimate of drug-likeness (QED) is 0.789. The number of carbonyl (C=O) groups is 1. The molecule has 1 heterocycles. The Kier molecular flexibility index (Phi) is 4.47. The maximum atomic E-state index is 11.7. The monoisotopic (exact) mass is 290 g/mol. The number of nitrogens with zero attached hydrogens (tertiary/aromatic N) is 2. The SMILES string of the molecule is COC(=O)c1cnc(C)n1Cc1ccc(OC)c(OC)c1. The highest BCUT2D eigenvalue weighted by Crippen LogP contribution is 2.28. The number of benzene rings is 1. The van der Waals surface area contributed by atoms with Gasteiger partial charge in [-0.1, -0.05) is 6.07 Å². The Morgan fingerprint density at radius 2 is 1.90 bits per heavy atom. The molecule has 2 rings (SSSR count). The van der Waals surface area contributed by atoms with Gasteiger partial charge < -0.3 is 18.8 Å². The lowest BCUT2D eigenvalue weighted by molar-refractivity contribution is 0.0588. The summed E-state index contributed by atoms with van der Waals surface area (Å²) in [5.41, 5.74) is 1.39. The number of ether oxygens (including phenoxy) is 3. The zero-order valence-electron chi connectivity index (χ0n) is 12.5. The van der Waals surface area contributed by atoms with Gasteiger partial charge in [0.1, 0.15) is 11.5 Å². The van der Waals surface area contributed by atoms with Crippen molar-refractivity contribution in [3.63, 3.8) is 0 Å². The summed E-state index contributed by atoms with van der Waals surface area (Å²) >= 11 is 0. The molecule has 0 atom stereocenters. The van der Waals surface area contributed by atoms with Gasteiger partial charge in [0.2, 0.25) is 0 Å². The molecular weight excluding hydrogens is 272 g/mol. The summed E-state index contributed by atoms with van der Waals surface area (Å²) in [6.45, 7) is 2.34. The van der Waals surface area contributed by atoms with E-state index in [0.29, 0.717) is 23.7 Å². The number of carbonyl (C=O) groups excluding carboxylic acids is 1. The third-order valence-corrected chi connectivity index (χ3v) is 3.24. The number of hydrogen-bond acceptors (Lipinski definition) is 5. The molecule has 0 spiro atoms. The lowest BCUT2D eigenvalue weighted by Crippen LogP contribution is -2.12. The van der Waals surface area contributed by atoms with Gasteiger partial charge in [-0.05, 0) is 24.6 Å². The Balaban J connectivity index is 2.34. The second-order valence-electron chi connectivity index (χ2n) is 4.46. The first-order valence-corrected chi connectivity index (χ1v) is 6.42. The lowest BCUT2D eigenvalue weighted by Gasteiger charge is -2.12. The van der Waals surface area contributed by atoms with Gasteiger partial charge in [-0.15, -0.1) is 0 Å². The molecule has 0 saturated carbocycles. The normalized spacial score (nSPS) is 10.3. The van der Waals surface area contributed by atoms with Gasteiger partial charge in [0.25, 0.3) is 0 Å². The number of methoxy groups -OCH3 is 3. The first-order chi connectivity index (χ1) is 10.1. The molecule has 0 saturated heterocycles. The van der Waals surface area contributed by atoms with Crippen LogP contribution in [0.3, 0.4) is 0 Å². The molecule has 0 fully saturated rings. The number of esters is 1. The van der Waals surface area contributed by atoms with Crippen LogP contribution < -0.4 is 9.47 Å². The van der Waals surface area contributed by atoms with Crippen LogP contribution in [0.25, 0.3) is 0 Å². The summed E-state index contributed by atoms with van der Waals surface area (Å²) in [4.78, 5) is 15.9. The van der Waals surface area contributed by atoms with Gasteiger partial charge >= 0.3 is 5.97 Å². The van der Waals surface area contributed by atoms with Crippen molar-refractivity contribution in [2.45, 2.75) is 13.5 Å². The molecule has 0 aliphatic rings. The fourth-order valence-corrected chi connectivity index (χ4v) is 2.10. The molecule has 6 heteroatoms.